The number of carbonyl (C=O) groups excluding carboxylic acids is 2. The molecule has 0 fully saturated rings. The Kier molecular flexibility index (Phi) is 6.21. The van der Waals surface area contributed by atoms with Gasteiger partial charge in [-0.15, -0.1) is 0 Å². The first-order chi connectivity index (χ1) is 9.04. The second kappa shape index (κ2) is 7.68. The number of carbonyl (C=O) groups is 2. The minimum atomic E-state index is -0.575. The van der Waals surface area contributed by atoms with Crippen LogP contribution in [0.3, 0.4) is 0 Å². The summed E-state index contributed by atoms with van der Waals surface area (Å²) in [6.07, 6.45) is 4.21. The molecule has 0 aliphatic carbocycles. The van der Waals surface area contributed by atoms with Crippen LogP contribution in [-0.2, 0) is 0 Å². The molecule has 19 heavy (non-hydrogen) atoms. The summed E-state index contributed by atoms with van der Waals surface area (Å²) in [5.74, 6) is -0.0303. The van der Waals surface area contributed by atoms with E-state index >= 15 is 0 Å². The van der Waals surface area contributed by atoms with E-state index in [1.165, 1.54) is 6.07 Å². The van der Waals surface area contributed by atoms with Crippen LogP contribution in [0.2, 0.25) is 0 Å². The highest BCUT2D eigenvalue weighted by atomic mass is 32.2. The third kappa shape index (κ3) is 5.21. The van der Waals surface area contributed by atoms with E-state index in [0.717, 1.165) is 25.1 Å². The normalized spacial score (nSPS) is 10.2. The predicted octanol–water partition coefficient (Wildman–Crippen LogP) is 1.44. The Hall–Kier alpha value is -1.69. The lowest BCUT2D eigenvalue weighted by molar-refractivity contribution is 0.0999. The topological polar surface area (TPSA) is 98.2 Å². The molecule has 2 amide bonds. The minimum Gasteiger partial charge on any atom is -0.385 e. The molecule has 0 unspecified atom stereocenters. The third-order valence-electron chi connectivity index (χ3n) is 2.61. The Morgan fingerprint density at radius 3 is 2.16 bits per heavy atom. The first-order valence-electron chi connectivity index (χ1n) is 6.02. The van der Waals surface area contributed by atoms with E-state index in [2.05, 4.69) is 11.6 Å². The van der Waals surface area contributed by atoms with Crippen molar-refractivity contribution in [3.05, 3.63) is 29.3 Å². The van der Waals surface area contributed by atoms with Gasteiger partial charge in [0.15, 0.2) is 0 Å². The van der Waals surface area contributed by atoms with Gasteiger partial charge >= 0.3 is 0 Å². The van der Waals surface area contributed by atoms with Crippen molar-refractivity contribution >= 4 is 29.3 Å². The predicted molar refractivity (Wildman–Crippen MR) is 79.6 cm³/mol. The molecule has 0 spiro atoms. The third-order valence-corrected chi connectivity index (χ3v) is 3.30. The summed E-state index contributed by atoms with van der Waals surface area (Å²) in [6, 6.07) is 4.66. The number of unbranched alkanes of at least 4 members (excludes halogenated alkanes) is 1. The quantitative estimate of drug-likeness (QED) is 0.628. The summed E-state index contributed by atoms with van der Waals surface area (Å²) in [7, 11) is 0. The standard InChI is InChI=1S/C13H19N3O2S/c1-19-5-3-2-4-16-11-7-9(12(14)17)6-10(8-11)13(15)18/h6-8,16H,2-5H2,1H3,(H2,14,17)(H2,15,18). The highest BCUT2D eigenvalue weighted by Gasteiger charge is 2.08. The van der Waals surface area contributed by atoms with E-state index in [1.54, 1.807) is 12.1 Å². The van der Waals surface area contributed by atoms with Gasteiger partial charge in [0.25, 0.3) is 0 Å². The van der Waals surface area contributed by atoms with Crippen LogP contribution in [0.5, 0.6) is 0 Å². The van der Waals surface area contributed by atoms with Crippen LogP contribution in [-0.4, -0.2) is 30.4 Å². The molecule has 0 bridgehead atoms. The summed E-state index contributed by atoms with van der Waals surface area (Å²) in [5, 5.41) is 3.17. The SMILES string of the molecule is CSCCCCNc1cc(C(N)=O)cc(C(N)=O)c1. The van der Waals surface area contributed by atoms with E-state index in [9.17, 15) is 9.59 Å². The highest BCUT2D eigenvalue weighted by molar-refractivity contribution is 7.98. The highest BCUT2D eigenvalue weighted by Crippen LogP contribution is 2.15. The maximum absolute atomic E-state index is 11.2. The van der Waals surface area contributed by atoms with Gasteiger partial charge in [0, 0.05) is 23.4 Å². The number of amides is 2. The molecule has 1 aromatic carbocycles. The maximum atomic E-state index is 11.2. The number of rotatable bonds is 8. The second-order valence-electron chi connectivity index (χ2n) is 4.15. The Morgan fingerprint density at radius 2 is 1.68 bits per heavy atom. The van der Waals surface area contributed by atoms with Crippen molar-refractivity contribution in [2.75, 3.05) is 23.9 Å². The van der Waals surface area contributed by atoms with E-state index in [0.29, 0.717) is 5.69 Å². The molecule has 0 aliphatic heterocycles. The van der Waals surface area contributed by atoms with Gasteiger partial charge in [-0.05, 0) is 43.0 Å². The van der Waals surface area contributed by atoms with Crippen molar-refractivity contribution in [3.63, 3.8) is 0 Å². The molecule has 0 aromatic heterocycles. The van der Waals surface area contributed by atoms with Gasteiger partial charge < -0.3 is 16.8 Å². The number of nitrogens with one attached hydrogen (secondary N) is 1. The molecule has 6 heteroatoms. The van der Waals surface area contributed by atoms with Crippen LogP contribution in [0, 0.1) is 0 Å². The van der Waals surface area contributed by atoms with Crippen molar-refractivity contribution in [1.82, 2.24) is 0 Å². The Bertz CT molecular complexity index is 431. The van der Waals surface area contributed by atoms with Crippen LogP contribution >= 0.6 is 11.8 Å². The largest absolute Gasteiger partial charge is 0.385 e. The van der Waals surface area contributed by atoms with Crippen molar-refractivity contribution in [2.24, 2.45) is 11.5 Å². The number of primary amides is 2. The molecular weight excluding hydrogens is 262 g/mol. The molecule has 104 valence electrons. The number of benzene rings is 1. The molecule has 0 aliphatic rings. The number of hydrogen-bond acceptors (Lipinski definition) is 4. The van der Waals surface area contributed by atoms with Crippen molar-refractivity contribution in [1.29, 1.82) is 0 Å². The molecule has 1 aromatic rings. The van der Waals surface area contributed by atoms with Crippen LogP contribution in [0.15, 0.2) is 18.2 Å². The summed E-state index contributed by atoms with van der Waals surface area (Å²) in [6.45, 7) is 0.779. The van der Waals surface area contributed by atoms with Crippen LogP contribution in [0.1, 0.15) is 33.6 Å². The molecule has 5 N–H and O–H groups in total. The summed E-state index contributed by atoms with van der Waals surface area (Å²) < 4.78 is 0. The van der Waals surface area contributed by atoms with Crippen molar-refractivity contribution < 1.29 is 9.59 Å². The zero-order valence-electron chi connectivity index (χ0n) is 10.9. The molecule has 0 saturated carbocycles. The molecule has 0 radical (unpaired) electrons. The molecule has 5 nitrogen and oxygen atoms in total. The van der Waals surface area contributed by atoms with E-state index < -0.39 is 11.8 Å². The molecule has 0 atom stereocenters. The monoisotopic (exact) mass is 281 g/mol. The zero-order valence-corrected chi connectivity index (χ0v) is 11.8. The van der Waals surface area contributed by atoms with Crippen molar-refractivity contribution in [2.45, 2.75) is 12.8 Å². The van der Waals surface area contributed by atoms with E-state index in [1.807, 2.05) is 11.8 Å². The molecule has 0 saturated heterocycles. The first kappa shape index (κ1) is 15.4. The zero-order chi connectivity index (χ0) is 14.3. The van der Waals surface area contributed by atoms with E-state index in [4.69, 9.17) is 11.5 Å². The fourth-order valence-electron chi connectivity index (χ4n) is 1.62. The summed E-state index contributed by atoms with van der Waals surface area (Å²) in [5.41, 5.74) is 11.7. The molecular formula is C13H19N3O2S. The summed E-state index contributed by atoms with van der Waals surface area (Å²) >= 11 is 1.81. The van der Waals surface area contributed by atoms with Gasteiger partial charge in [-0.1, -0.05) is 0 Å². The van der Waals surface area contributed by atoms with Gasteiger partial charge in [-0.25, -0.2) is 0 Å². The van der Waals surface area contributed by atoms with Gasteiger partial charge in [-0.2, -0.15) is 11.8 Å². The van der Waals surface area contributed by atoms with Crippen LogP contribution < -0.4 is 16.8 Å². The summed E-state index contributed by atoms with van der Waals surface area (Å²) in [4.78, 5) is 22.4. The second-order valence-corrected chi connectivity index (χ2v) is 5.14. The number of anilines is 1. The molecule has 0 heterocycles. The van der Waals surface area contributed by atoms with Gasteiger partial charge in [0.05, 0.1) is 0 Å². The van der Waals surface area contributed by atoms with Crippen molar-refractivity contribution in [3.8, 4) is 0 Å². The lowest BCUT2D eigenvalue weighted by atomic mass is 10.1. The number of thioether (sulfide) groups is 1. The van der Waals surface area contributed by atoms with Gasteiger partial charge in [0.2, 0.25) is 11.8 Å². The van der Waals surface area contributed by atoms with Crippen LogP contribution in [0.4, 0.5) is 5.69 Å². The smallest absolute Gasteiger partial charge is 0.248 e. The Labute approximate surface area is 117 Å². The van der Waals surface area contributed by atoms with Crippen LogP contribution in [0.25, 0.3) is 0 Å². The number of hydrogen-bond donors (Lipinski definition) is 3. The average molecular weight is 281 g/mol. The van der Waals surface area contributed by atoms with Gasteiger partial charge in [-0.3, -0.25) is 9.59 Å². The van der Waals surface area contributed by atoms with E-state index in [-0.39, 0.29) is 11.1 Å². The minimum absolute atomic E-state index is 0.280. The lowest BCUT2D eigenvalue weighted by Crippen LogP contribution is -2.16. The maximum Gasteiger partial charge on any atom is 0.248 e. The average Bonchev–Trinajstić information content (AvgIpc) is 2.38. The Morgan fingerprint density at radius 1 is 1.11 bits per heavy atom. The first-order valence-corrected chi connectivity index (χ1v) is 7.41. The fraction of sp³-hybridized carbons (Fsp3) is 0.385. The fourth-order valence-corrected chi connectivity index (χ4v) is 2.11. The Balaban J connectivity index is 2.71. The number of nitrogens with two attached hydrogens (primary N) is 2. The lowest BCUT2D eigenvalue weighted by Gasteiger charge is -2.09. The molecule has 1 rings (SSSR count). The van der Waals surface area contributed by atoms with Gasteiger partial charge in [0.1, 0.15) is 0 Å².